The average Bonchev–Trinajstić information content (AvgIpc) is 3.32. The van der Waals surface area contributed by atoms with Gasteiger partial charge in [-0.1, -0.05) is 0 Å². The molecule has 0 radical (unpaired) electrons. The van der Waals surface area contributed by atoms with Crippen molar-refractivity contribution in [2.45, 2.75) is 13.8 Å². The third-order valence-corrected chi connectivity index (χ3v) is 6.25. The minimum absolute atomic E-state index is 0.0205. The fourth-order valence-corrected chi connectivity index (χ4v) is 4.82. The predicted molar refractivity (Wildman–Crippen MR) is 116 cm³/mol. The Morgan fingerprint density at radius 2 is 1.66 bits per heavy atom. The number of benzene rings is 1. The Morgan fingerprint density at radius 3 is 2.31 bits per heavy atom. The van der Waals surface area contributed by atoms with Crippen LogP contribution in [0.25, 0.3) is 11.3 Å². The molecule has 0 spiro atoms. The molecule has 4 heterocycles. The first kappa shape index (κ1) is 20.5. The summed E-state index contributed by atoms with van der Waals surface area (Å²) in [5.41, 5.74) is 2.29. The summed E-state index contributed by atoms with van der Waals surface area (Å²) in [6, 6.07) is 8.50. The summed E-state index contributed by atoms with van der Waals surface area (Å²) in [6.07, 6.45) is 1.43. The second-order valence-corrected chi connectivity index (χ2v) is 8.61. The lowest BCUT2D eigenvalue weighted by Gasteiger charge is -2.23. The Balaban J connectivity index is 1.36. The van der Waals surface area contributed by atoms with E-state index in [-0.39, 0.29) is 22.7 Å². The lowest BCUT2D eigenvalue weighted by molar-refractivity contribution is 0.0783. The van der Waals surface area contributed by atoms with E-state index in [0.717, 1.165) is 30.4 Å². The van der Waals surface area contributed by atoms with Crippen LogP contribution in [0.4, 0.5) is 14.7 Å². The zero-order chi connectivity index (χ0) is 22.4. The summed E-state index contributed by atoms with van der Waals surface area (Å²) in [4.78, 5) is 30.5. The molecular formula is C24H23F2N5O. The van der Waals surface area contributed by atoms with Crippen LogP contribution in [-0.4, -0.2) is 51.9 Å². The molecule has 1 amide bonds. The van der Waals surface area contributed by atoms with Crippen molar-refractivity contribution < 1.29 is 13.6 Å². The van der Waals surface area contributed by atoms with Crippen molar-refractivity contribution in [2.24, 2.45) is 11.8 Å². The molecular weight excluding hydrogens is 412 g/mol. The van der Waals surface area contributed by atoms with Gasteiger partial charge in [-0.05, 0) is 50.2 Å². The molecule has 2 saturated heterocycles. The van der Waals surface area contributed by atoms with Crippen LogP contribution in [0.2, 0.25) is 0 Å². The highest BCUT2D eigenvalue weighted by Gasteiger charge is 2.43. The molecule has 1 aromatic carbocycles. The molecule has 2 unspecified atom stereocenters. The number of nitrogens with zero attached hydrogens (tertiary/aromatic N) is 5. The van der Waals surface area contributed by atoms with Gasteiger partial charge in [0.05, 0.1) is 0 Å². The highest BCUT2D eigenvalue weighted by molar-refractivity contribution is 6.00. The molecule has 0 N–H and O–H groups in total. The Hall–Kier alpha value is -3.42. The lowest BCUT2D eigenvalue weighted by Crippen LogP contribution is -2.34. The third kappa shape index (κ3) is 3.70. The number of amides is 1. The van der Waals surface area contributed by atoms with Gasteiger partial charge in [-0.15, -0.1) is 0 Å². The molecule has 3 aromatic rings. The summed E-state index contributed by atoms with van der Waals surface area (Å²) in [5.74, 6) is -0.00824. The van der Waals surface area contributed by atoms with E-state index in [1.807, 2.05) is 19.9 Å². The van der Waals surface area contributed by atoms with Crippen molar-refractivity contribution in [3.63, 3.8) is 0 Å². The van der Waals surface area contributed by atoms with Gasteiger partial charge in [-0.25, -0.2) is 18.7 Å². The maximum Gasteiger partial charge on any atom is 0.254 e. The van der Waals surface area contributed by atoms with Crippen LogP contribution in [-0.2, 0) is 0 Å². The first-order valence-electron chi connectivity index (χ1n) is 10.7. The van der Waals surface area contributed by atoms with Crippen LogP contribution < -0.4 is 4.90 Å². The minimum atomic E-state index is -0.588. The van der Waals surface area contributed by atoms with Crippen LogP contribution in [0.1, 0.15) is 21.7 Å². The number of hydrogen-bond donors (Lipinski definition) is 0. The van der Waals surface area contributed by atoms with E-state index in [9.17, 15) is 13.6 Å². The van der Waals surface area contributed by atoms with E-state index < -0.39 is 11.6 Å². The molecule has 8 heteroatoms. The summed E-state index contributed by atoms with van der Waals surface area (Å²) >= 11 is 0. The van der Waals surface area contributed by atoms with E-state index in [1.54, 1.807) is 4.90 Å². The molecule has 164 valence electrons. The molecule has 6 nitrogen and oxygen atoms in total. The Morgan fingerprint density at radius 1 is 0.969 bits per heavy atom. The minimum Gasteiger partial charge on any atom is -0.340 e. The maximum atomic E-state index is 14.3. The van der Waals surface area contributed by atoms with Gasteiger partial charge in [0.25, 0.3) is 5.91 Å². The predicted octanol–water partition coefficient (Wildman–Crippen LogP) is 3.64. The topological polar surface area (TPSA) is 62.2 Å². The zero-order valence-electron chi connectivity index (χ0n) is 17.9. The molecule has 32 heavy (non-hydrogen) atoms. The fraction of sp³-hybridized carbons (Fsp3) is 0.333. The highest BCUT2D eigenvalue weighted by Crippen LogP contribution is 2.35. The quantitative estimate of drug-likeness (QED) is 0.629. The van der Waals surface area contributed by atoms with Crippen molar-refractivity contribution in [3.8, 4) is 11.3 Å². The van der Waals surface area contributed by atoms with E-state index in [2.05, 4.69) is 19.9 Å². The van der Waals surface area contributed by atoms with E-state index in [0.29, 0.717) is 24.9 Å². The number of aromatic nitrogens is 3. The van der Waals surface area contributed by atoms with E-state index in [4.69, 9.17) is 0 Å². The summed E-state index contributed by atoms with van der Waals surface area (Å²) in [7, 11) is 0. The summed E-state index contributed by atoms with van der Waals surface area (Å²) in [5, 5.41) is 0. The number of aryl methyl sites for hydroxylation is 2. The number of anilines is 1. The summed E-state index contributed by atoms with van der Waals surface area (Å²) < 4.78 is 28.3. The van der Waals surface area contributed by atoms with Gasteiger partial charge in [-0.2, -0.15) is 0 Å². The Bertz CT molecular complexity index is 1170. The maximum absolute atomic E-state index is 14.3. The summed E-state index contributed by atoms with van der Waals surface area (Å²) in [6.45, 7) is 6.66. The van der Waals surface area contributed by atoms with Crippen molar-refractivity contribution in [2.75, 3.05) is 31.1 Å². The molecule has 0 bridgehead atoms. The van der Waals surface area contributed by atoms with Crippen molar-refractivity contribution in [1.82, 2.24) is 19.9 Å². The van der Waals surface area contributed by atoms with Crippen molar-refractivity contribution >= 4 is 11.9 Å². The molecule has 2 atom stereocenters. The Labute approximate surface area is 184 Å². The smallest absolute Gasteiger partial charge is 0.254 e. The number of rotatable bonds is 3. The van der Waals surface area contributed by atoms with Crippen molar-refractivity contribution in [1.29, 1.82) is 0 Å². The van der Waals surface area contributed by atoms with Gasteiger partial charge >= 0.3 is 0 Å². The molecule has 2 aliphatic heterocycles. The van der Waals surface area contributed by atoms with Gasteiger partial charge in [0, 0.05) is 66.7 Å². The van der Waals surface area contributed by atoms with Gasteiger partial charge < -0.3 is 9.80 Å². The van der Waals surface area contributed by atoms with Crippen LogP contribution >= 0.6 is 0 Å². The number of fused-ring (bicyclic) bond motifs is 1. The molecule has 0 aliphatic carbocycles. The van der Waals surface area contributed by atoms with Gasteiger partial charge in [-0.3, -0.25) is 9.78 Å². The molecule has 2 fully saturated rings. The number of hydrogen-bond acceptors (Lipinski definition) is 5. The average molecular weight is 435 g/mol. The monoisotopic (exact) mass is 435 g/mol. The first-order valence-corrected chi connectivity index (χ1v) is 10.7. The molecule has 5 rings (SSSR count). The normalized spacial score (nSPS) is 20.0. The number of carbonyl (C=O) groups is 1. The molecule has 0 saturated carbocycles. The van der Waals surface area contributed by atoms with Crippen LogP contribution in [0.5, 0.6) is 0 Å². The van der Waals surface area contributed by atoms with E-state index in [1.165, 1.54) is 36.5 Å². The lowest BCUT2D eigenvalue weighted by atomic mass is 10.0. The third-order valence-electron chi connectivity index (χ3n) is 6.25. The molecule has 2 aliphatic rings. The van der Waals surface area contributed by atoms with Gasteiger partial charge in [0.2, 0.25) is 5.95 Å². The second kappa shape index (κ2) is 7.93. The SMILES string of the molecule is Cc1cc(C)nc(N2CC3CN(C(=O)c4ccc(F)cc4-c4ncccc4F)CC3C2)n1. The number of likely N-dealkylation sites (tertiary alicyclic amines) is 1. The molecule has 2 aromatic heterocycles. The number of carbonyl (C=O) groups excluding carboxylic acids is 1. The standard InChI is InChI=1S/C24H23F2N5O/c1-14-8-15(2)29-24(28-14)31-12-16-10-30(11-17(16)13-31)23(32)19-6-5-18(25)9-20(19)22-21(26)4-3-7-27-22/h3-9,16-17H,10-13H2,1-2H3. The van der Waals surface area contributed by atoms with Crippen LogP contribution in [0.15, 0.2) is 42.6 Å². The fourth-order valence-electron chi connectivity index (χ4n) is 4.82. The van der Waals surface area contributed by atoms with Gasteiger partial charge in [0.1, 0.15) is 17.3 Å². The Kier molecular flexibility index (Phi) is 5.07. The van der Waals surface area contributed by atoms with Crippen molar-refractivity contribution in [3.05, 3.63) is 71.2 Å². The van der Waals surface area contributed by atoms with Gasteiger partial charge in [0.15, 0.2) is 0 Å². The largest absolute Gasteiger partial charge is 0.340 e. The number of halogens is 2. The van der Waals surface area contributed by atoms with Crippen LogP contribution in [0.3, 0.4) is 0 Å². The zero-order valence-corrected chi connectivity index (χ0v) is 17.9. The number of pyridine rings is 1. The van der Waals surface area contributed by atoms with E-state index >= 15 is 0 Å². The van der Waals surface area contributed by atoms with Crippen LogP contribution in [0, 0.1) is 37.3 Å². The highest BCUT2D eigenvalue weighted by atomic mass is 19.1. The first-order chi connectivity index (χ1) is 15.4. The second-order valence-electron chi connectivity index (χ2n) is 8.61.